The molecule has 2 rings (SSSR count). The third-order valence-corrected chi connectivity index (χ3v) is 4.32. The molecule has 2 heterocycles. The Kier molecular flexibility index (Phi) is 3.80. The molecule has 102 valence electrons. The van der Waals surface area contributed by atoms with E-state index in [9.17, 15) is 9.90 Å². The third kappa shape index (κ3) is 2.58. The van der Waals surface area contributed by atoms with Crippen molar-refractivity contribution in [3.8, 4) is 0 Å². The molecule has 0 saturated heterocycles. The lowest BCUT2D eigenvalue weighted by atomic mass is 10.2. The summed E-state index contributed by atoms with van der Waals surface area (Å²) in [6.07, 6.45) is 1.43. The van der Waals surface area contributed by atoms with Crippen molar-refractivity contribution in [1.29, 1.82) is 0 Å². The standard InChI is InChI=1S/C13H17N3O2S/c1-7(2)6-19-11-9(13(17)18)5-14-12-10(11)8(3)15-16(12)4/h5,7H,6H2,1-4H3,(H,17,18). The average Bonchev–Trinajstić information content (AvgIpc) is 2.62. The van der Waals surface area contributed by atoms with Gasteiger partial charge in [-0.05, 0) is 12.8 Å². The molecule has 0 aliphatic heterocycles. The highest BCUT2D eigenvalue weighted by molar-refractivity contribution is 7.99. The second kappa shape index (κ2) is 5.21. The van der Waals surface area contributed by atoms with Crippen LogP contribution in [0.1, 0.15) is 29.9 Å². The zero-order chi connectivity index (χ0) is 14.2. The Morgan fingerprint density at radius 2 is 2.21 bits per heavy atom. The summed E-state index contributed by atoms with van der Waals surface area (Å²) in [5, 5.41) is 14.5. The van der Waals surface area contributed by atoms with Gasteiger partial charge < -0.3 is 5.11 Å². The number of nitrogens with zero attached hydrogens (tertiary/aromatic N) is 3. The van der Waals surface area contributed by atoms with Crippen molar-refractivity contribution >= 4 is 28.8 Å². The minimum Gasteiger partial charge on any atom is -0.478 e. The molecule has 0 fully saturated rings. The van der Waals surface area contributed by atoms with E-state index in [1.807, 2.05) is 14.0 Å². The first kappa shape index (κ1) is 13.9. The quantitative estimate of drug-likeness (QED) is 0.872. The summed E-state index contributed by atoms with van der Waals surface area (Å²) in [6, 6.07) is 0. The Morgan fingerprint density at radius 1 is 1.53 bits per heavy atom. The summed E-state index contributed by atoms with van der Waals surface area (Å²) in [7, 11) is 1.82. The van der Waals surface area contributed by atoms with E-state index >= 15 is 0 Å². The summed E-state index contributed by atoms with van der Waals surface area (Å²) < 4.78 is 1.69. The summed E-state index contributed by atoms with van der Waals surface area (Å²) in [5.74, 6) is 0.420. The number of aryl methyl sites for hydroxylation is 2. The number of rotatable bonds is 4. The topological polar surface area (TPSA) is 68.0 Å². The molecule has 0 amide bonds. The van der Waals surface area contributed by atoms with Crippen LogP contribution in [0.15, 0.2) is 11.1 Å². The van der Waals surface area contributed by atoms with Crippen LogP contribution in [0.25, 0.3) is 11.0 Å². The number of hydrogen-bond donors (Lipinski definition) is 1. The van der Waals surface area contributed by atoms with Gasteiger partial charge in [-0.3, -0.25) is 4.68 Å². The maximum atomic E-state index is 11.3. The molecule has 0 aliphatic carbocycles. The molecule has 0 atom stereocenters. The smallest absolute Gasteiger partial charge is 0.338 e. The molecule has 0 saturated carbocycles. The average molecular weight is 279 g/mol. The van der Waals surface area contributed by atoms with E-state index in [2.05, 4.69) is 23.9 Å². The van der Waals surface area contributed by atoms with Crippen molar-refractivity contribution in [2.24, 2.45) is 13.0 Å². The summed E-state index contributed by atoms with van der Waals surface area (Å²) in [5.41, 5.74) is 1.81. The van der Waals surface area contributed by atoms with Crippen LogP contribution in [0.5, 0.6) is 0 Å². The maximum absolute atomic E-state index is 11.3. The number of aromatic carboxylic acids is 1. The molecule has 0 unspecified atom stereocenters. The molecule has 2 aromatic heterocycles. The normalized spacial score (nSPS) is 11.4. The van der Waals surface area contributed by atoms with E-state index in [4.69, 9.17) is 0 Å². The van der Waals surface area contributed by atoms with Crippen LogP contribution >= 0.6 is 11.8 Å². The molecule has 19 heavy (non-hydrogen) atoms. The number of carboxylic acids is 1. The van der Waals surface area contributed by atoms with Crippen LogP contribution in [0.2, 0.25) is 0 Å². The summed E-state index contributed by atoms with van der Waals surface area (Å²) in [6.45, 7) is 6.11. The molecule has 0 bridgehead atoms. The molecule has 0 aromatic carbocycles. The van der Waals surface area contributed by atoms with Gasteiger partial charge in [-0.25, -0.2) is 9.78 Å². The highest BCUT2D eigenvalue weighted by atomic mass is 32.2. The third-order valence-electron chi connectivity index (χ3n) is 2.77. The molecule has 2 aromatic rings. The molecular formula is C13H17N3O2S. The monoisotopic (exact) mass is 279 g/mol. The van der Waals surface area contributed by atoms with Crippen LogP contribution in [0, 0.1) is 12.8 Å². The predicted octanol–water partition coefficient (Wildman–Crippen LogP) is 2.72. The van der Waals surface area contributed by atoms with E-state index in [0.717, 1.165) is 27.4 Å². The van der Waals surface area contributed by atoms with Gasteiger partial charge >= 0.3 is 5.97 Å². The van der Waals surface area contributed by atoms with Gasteiger partial charge in [0.25, 0.3) is 0 Å². The van der Waals surface area contributed by atoms with Crippen LogP contribution in [-0.4, -0.2) is 31.6 Å². The van der Waals surface area contributed by atoms with Gasteiger partial charge in [-0.15, -0.1) is 11.8 Å². The number of aromatic nitrogens is 3. The SMILES string of the molecule is Cc1nn(C)c2ncc(C(=O)O)c(SCC(C)C)c12. The van der Waals surface area contributed by atoms with Gasteiger partial charge in [0, 0.05) is 23.9 Å². The highest BCUT2D eigenvalue weighted by Gasteiger charge is 2.19. The number of hydrogen-bond acceptors (Lipinski definition) is 4. The molecule has 5 nitrogen and oxygen atoms in total. The zero-order valence-corrected chi connectivity index (χ0v) is 12.3. The van der Waals surface area contributed by atoms with E-state index in [1.165, 1.54) is 6.20 Å². The van der Waals surface area contributed by atoms with Crippen molar-refractivity contribution in [3.05, 3.63) is 17.5 Å². The van der Waals surface area contributed by atoms with Gasteiger partial charge in [0.15, 0.2) is 5.65 Å². The van der Waals surface area contributed by atoms with Crippen LogP contribution in [-0.2, 0) is 7.05 Å². The lowest BCUT2D eigenvalue weighted by Crippen LogP contribution is -2.03. The summed E-state index contributed by atoms with van der Waals surface area (Å²) in [4.78, 5) is 16.3. The Balaban J connectivity index is 2.65. The van der Waals surface area contributed by atoms with E-state index < -0.39 is 5.97 Å². The fraction of sp³-hybridized carbons (Fsp3) is 0.462. The highest BCUT2D eigenvalue weighted by Crippen LogP contribution is 2.33. The van der Waals surface area contributed by atoms with Crippen LogP contribution < -0.4 is 0 Å². The molecule has 0 aliphatic rings. The van der Waals surface area contributed by atoms with E-state index in [-0.39, 0.29) is 5.56 Å². The summed E-state index contributed by atoms with van der Waals surface area (Å²) >= 11 is 1.57. The fourth-order valence-corrected chi connectivity index (χ4v) is 3.11. The second-order valence-electron chi connectivity index (χ2n) is 4.92. The lowest BCUT2D eigenvalue weighted by Gasteiger charge is -2.09. The first-order valence-electron chi connectivity index (χ1n) is 6.10. The Morgan fingerprint density at radius 3 is 2.79 bits per heavy atom. The fourth-order valence-electron chi connectivity index (χ4n) is 1.93. The van der Waals surface area contributed by atoms with Crippen molar-refractivity contribution in [2.75, 3.05) is 5.75 Å². The van der Waals surface area contributed by atoms with Gasteiger partial charge in [0.1, 0.15) is 0 Å². The van der Waals surface area contributed by atoms with Gasteiger partial charge in [0.2, 0.25) is 0 Å². The van der Waals surface area contributed by atoms with E-state index in [0.29, 0.717) is 5.92 Å². The molecule has 1 N–H and O–H groups in total. The Labute approximate surface area is 116 Å². The first-order chi connectivity index (χ1) is 8.91. The lowest BCUT2D eigenvalue weighted by molar-refractivity contribution is 0.0693. The van der Waals surface area contributed by atoms with Crippen molar-refractivity contribution < 1.29 is 9.90 Å². The first-order valence-corrected chi connectivity index (χ1v) is 7.08. The number of pyridine rings is 1. The van der Waals surface area contributed by atoms with Gasteiger partial charge in [-0.2, -0.15) is 5.10 Å². The minimum absolute atomic E-state index is 0.259. The van der Waals surface area contributed by atoms with Crippen LogP contribution in [0.4, 0.5) is 0 Å². The number of carboxylic acid groups (broad SMARTS) is 1. The van der Waals surface area contributed by atoms with Crippen LogP contribution in [0.3, 0.4) is 0 Å². The predicted molar refractivity (Wildman–Crippen MR) is 75.8 cm³/mol. The van der Waals surface area contributed by atoms with Gasteiger partial charge in [0.05, 0.1) is 16.6 Å². The largest absolute Gasteiger partial charge is 0.478 e. The van der Waals surface area contributed by atoms with Crippen molar-refractivity contribution in [2.45, 2.75) is 25.7 Å². The Bertz CT molecular complexity index is 634. The number of thioether (sulfide) groups is 1. The molecule has 0 radical (unpaired) electrons. The van der Waals surface area contributed by atoms with Crippen molar-refractivity contribution in [3.63, 3.8) is 0 Å². The maximum Gasteiger partial charge on any atom is 0.338 e. The molecular weight excluding hydrogens is 262 g/mol. The Hall–Kier alpha value is -1.56. The number of fused-ring (bicyclic) bond motifs is 1. The van der Waals surface area contributed by atoms with E-state index in [1.54, 1.807) is 16.4 Å². The molecule has 6 heteroatoms. The minimum atomic E-state index is -0.941. The van der Waals surface area contributed by atoms with Gasteiger partial charge in [-0.1, -0.05) is 13.8 Å². The zero-order valence-electron chi connectivity index (χ0n) is 11.5. The van der Waals surface area contributed by atoms with Crippen molar-refractivity contribution in [1.82, 2.24) is 14.8 Å². The number of carbonyl (C=O) groups is 1. The molecule has 0 spiro atoms. The second-order valence-corrected chi connectivity index (χ2v) is 5.95.